The second kappa shape index (κ2) is 7.14. The van der Waals surface area contributed by atoms with E-state index in [4.69, 9.17) is 5.73 Å². The summed E-state index contributed by atoms with van der Waals surface area (Å²) >= 11 is 0. The molecule has 1 atom stereocenters. The van der Waals surface area contributed by atoms with Crippen LogP contribution in [-0.2, 0) is 11.3 Å². The highest BCUT2D eigenvalue weighted by Crippen LogP contribution is 2.31. The molecule has 0 saturated carbocycles. The number of nitrogen functional groups attached to an aromatic ring is 1. The third-order valence-electron chi connectivity index (χ3n) is 3.92. The van der Waals surface area contributed by atoms with Crippen LogP contribution in [-0.4, -0.2) is 23.8 Å². The predicted octanol–water partition coefficient (Wildman–Crippen LogP) is 3.61. The number of rotatable bonds is 5. The Bertz CT molecular complexity index is 872. The maximum absolute atomic E-state index is 12.4. The molecule has 0 saturated heterocycles. The average molecular weight is 379 g/mol. The van der Waals surface area contributed by atoms with Crippen LogP contribution < -0.4 is 15.5 Å². The van der Waals surface area contributed by atoms with Crippen LogP contribution in [0.3, 0.4) is 0 Å². The number of aryl methyl sites for hydroxylation is 1. The lowest BCUT2D eigenvalue weighted by molar-refractivity contribution is -0.274. The maximum Gasteiger partial charge on any atom is 0.573 e. The molecule has 0 bridgehead atoms. The highest BCUT2D eigenvalue weighted by atomic mass is 19.4. The molecule has 2 aromatic rings. The summed E-state index contributed by atoms with van der Waals surface area (Å²) in [5.74, 6) is -0.410. The lowest BCUT2D eigenvalue weighted by Gasteiger charge is -2.24. The van der Waals surface area contributed by atoms with Crippen molar-refractivity contribution in [2.24, 2.45) is 10.4 Å². The summed E-state index contributed by atoms with van der Waals surface area (Å²) in [7, 11) is 0. The number of benzene rings is 2. The number of anilines is 2. The minimum absolute atomic E-state index is 0.244. The molecule has 7 nitrogen and oxygen atoms in total. The van der Waals surface area contributed by atoms with Crippen LogP contribution in [0.4, 0.5) is 24.5 Å². The molecule has 2 aromatic carbocycles. The molecule has 0 amide bonds. The van der Waals surface area contributed by atoms with E-state index in [2.05, 4.69) is 15.2 Å². The fourth-order valence-electron chi connectivity index (χ4n) is 2.63. The molecule has 0 fully saturated rings. The maximum atomic E-state index is 12.4. The van der Waals surface area contributed by atoms with E-state index in [1.54, 1.807) is 12.1 Å². The SMILES string of the molecule is Cc1cc(CN2N=NN(c3cccc(OC(F)(F)F)c3)C2C=O)ccc1N. The fraction of sp³-hybridized carbons (Fsp3) is 0.235. The Hall–Kier alpha value is -3.30. The van der Waals surface area contributed by atoms with Gasteiger partial charge in [-0.3, -0.25) is 4.79 Å². The van der Waals surface area contributed by atoms with Gasteiger partial charge in [-0.05, 0) is 41.5 Å². The van der Waals surface area contributed by atoms with Crippen LogP contribution >= 0.6 is 0 Å². The molecule has 2 N–H and O–H groups in total. The second-order valence-electron chi connectivity index (χ2n) is 5.91. The zero-order valence-electron chi connectivity index (χ0n) is 14.2. The van der Waals surface area contributed by atoms with Gasteiger partial charge >= 0.3 is 6.36 Å². The van der Waals surface area contributed by atoms with Crippen molar-refractivity contribution in [2.75, 3.05) is 10.7 Å². The van der Waals surface area contributed by atoms with Gasteiger partial charge in [0.25, 0.3) is 0 Å². The van der Waals surface area contributed by atoms with Gasteiger partial charge < -0.3 is 10.5 Å². The molecule has 0 aromatic heterocycles. The summed E-state index contributed by atoms with van der Waals surface area (Å²) in [6.45, 7) is 2.14. The number of carbonyl (C=O) groups is 1. The van der Waals surface area contributed by atoms with E-state index in [0.29, 0.717) is 12.0 Å². The first-order valence-electron chi connectivity index (χ1n) is 7.90. The number of nitrogens with zero attached hydrogens (tertiary/aromatic N) is 4. The lowest BCUT2D eigenvalue weighted by atomic mass is 10.1. The Labute approximate surface area is 152 Å². The van der Waals surface area contributed by atoms with Gasteiger partial charge in [-0.1, -0.05) is 23.4 Å². The van der Waals surface area contributed by atoms with E-state index < -0.39 is 18.3 Å². The van der Waals surface area contributed by atoms with Gasteiger partial charge in [0.2, 0.25) is 0 Å². The first-order chi connectivity index (χ1) is 12.8. The monoisotopic (exact) mass is 379 g/mol. The number of halogens is 3. The molecule has 1 heterocycles. The molecule has 0 spiro atoms. The first kappa shape index (κ1) is 18.5. The van der Waals surface area contributed by atoms with Crippen LogP contribution in [0, 0.1) is 6.92 Å². The third-order valence-corrected chi connectivity index (χ3v) is 3.92. The van der Waals surface area contributed by atoms with Crippen molar-refractivity contribution in [2.45, 2.75) is 26.0 Å². The van der Waals surface area contributed by atoms with Crippen molar-refractivity contribution in [3.8, 4) is 5.75 Å². The van der Waals surface area contributed by atoms with E-state index in [9.17, 15) is 18.0 Å². The average Bonchev–Trinajstić information content (AvgIpc) is 2.99. The number of aldehydes is 1. The largest absolute Gasteiger partial charge is 0.573 e. The molecule has 1 unspecified atom stereocenters. The van der Waals surface area contributed by atoms with Gasteiger partial charge in [-0.2, -0.15) is 0 Å². The third kappa shape index (κ3) is 4.27. The first-order valence-corrected chi connectivity index (χ1v) is 7.90. The molecule has 0 aliphatic carbocycles. The minimum atomic E-state index is -4.81. The Morgan fingerprint density at radius 3 is 2.67 bits per heavy atom. The normalized spacial score (nSPS) is 16.7. The number of hydrogen-bond donors (Lipinski definition) is 1. The molecule has 142 valence electrons. The Morgan fingerprint density at radius 2 is 2.00 bits per heavy atom. The van der Waals surface area contributed by atoms with Crippen molar-refractivity contribution in [3.63, 3.8) is 0 Å². The van der Waals surface area contributed by atoms with Crippen molar-refractivity contribution in [3.05, 3.63) is 53.6 Å². The summed E-state index contributed by atoms with van der Waals surface area (Å²) in [6.07, 6.45) is -5.10. The van der Waals surface area contributed by atoms with Gasteiger partial charge in [0.15, 0.2) is 12.5 Å². The Balaban J connectivity index is 1.78. The van der Waals surface area contributed by atoms with E-state index in [0.717, 1.165) is 23.3 Å². The number of nitrogens with two attached hydrogens (primary N) is 1. The Morgan fingerprint density at radius 1 is 1.22 bits per heavy atom. The van der Waals surface area contributed by atoms with Crippen molar-refractivity contribution in [1.82, 2.24) is 5.01 Å². The minimum Gasteiger partial charge on any atom is -0.406 e. The summed E-state index contributed by atoms with van der Waals surface area (Å²) < 4.78 is 41.1. The molecule has 1 aliphatic rings. The highest BCUT2D eigenvalue weighted by molar-refractivity contribution is 5.66. The summed E-state index contributed by atoms with van der Waals surface area (Å²) in [4.78, 5) is 11.6. The molecule has 27 heavy (non-hydrogen) atoms. The smallest absolute Gasteiger partial charge is 0.406 e. The highest BCUT2D eigenvalue weighted by Gasteiger charge is 2.33. The summed E-state index contributed by atoms with van der Waals surface area (Å²) in [6, 6.07) is 10.6. The number of carbonyl (C=O) groups excluding carboxylic acids is 1. The molecule has 0 radical (unpaired) electrons. The van der Waals surface area contributed by atoms with Gasteiger partial charge in [0.05, 0.1) is 12.2 Å². The van der Waals surface area contributed by atoms with Gasteiger partial charge in [-0.15, -0.1) is 13.2 Å². The zero-order chi connectivity index (χ0) is 19.6. The summed E-state index contributed by atoms with van der Waals surface area (Å²) in [5.41, 5.74) is 8.44. The van der Waals surface area contributed by atoms with Crippen LogP contribution in [0.15, 0.2) is 52.9 Å². The van der Waals surface area contributed by atoms with Crippen LogP contribution in [0.1, 0.15) is 11.1 Å². The zero-order valence-corrected chi connectivity index (χ0v) is 14.2. The number of alkyl halides is 3. The van der Waals surface area contributed by atoms with Gasteiger partial charge in [0, 0.05) is 11.8 Å². The fourth-order valence-corrected chi connectivity index (χ4v) is 2.63. The van der Waals surface area contributed by atoms with Crippen molar-refractivity contribution in [1.29, 1.82) is 0 Å². The quantitative estimate of drug-likeness (QED) is 0.634. The van der Waals surface area contributed by atoms with Crippen molar-refractivity contribution >= 4 is 17.7 Å². The summed E-state index contributed by atoms with van der Waals surface area (Å²) in [5, 5.41) is 10.5. The van der Waals surface area contributed by atoms with E-state index in [-0.39, 0.29) is 12.2 Å². The van der Waals surface area contributed by atoms with Gasteiger partial charge in [0.1, 0.15) is 5.75 Å². The van der Waals surface area contributed by atoms with E-state index in [1.165, 1.54) is 22.2 Å². The van der Waals surface area contributed by atoms with E-state index in [1.807, 2.05) is 13.0 Å². The lowest BCUT2D eigenvalue weighted by Crippen LogP contribution is -2.39. The second-order valence-corrected chi connectivity index (χ2v) is 5.91. The van der Waals surface area contributed by atoms with Gasteiger partial charge in [-0.25, -0.2) is 10.0 Å². The van der Waals surface area contributed by atoms with Crippen LogP contribution in [0.2, 0.25) is 0 Å². The standard InChI is InChI=1S/C17H16F3N5O2/c1-11-7-12(5-6-15(11)21)9-24-16(10-26)25(23-22-24)13-3-2-4-14(8-13)27-17(18,19)20/h2-8,10,16H,9,21H2,1H3. The molecule has 10 heteroatoms. The predicted molar refractivity (Wildman–Crippen MR) is 91.4 cm³/mol. The van der Waals surface area contributed by atoms with Crippen LogP contribution in [0.5, 0.6) is 5.75 Å². The molecular weight excluding hydrogens is 363 g/mol. The number of hydrogen-bond acceptors (Lipinski definition) is 7. The topological polar surface area (TPSA) is 83.5 Å². The Kier molecular flexibility index (Phi) is 4.89. The molecule has 3 rings (SSSR count). The molecule has 1 aliphatic heterocycles. The van der Waals surface area contributed by atoms with Crippen LogP contribution in [0.25, 0.3) is 0 Å². The van der Waals surface area contributed by atoms with Crippen molar-refractivity contribution < 1.29 is 22.7 Å². The molecular formula is C17H16F3N5O2. The van der Waals surface area contributed by atoms with E-state index >= 15 is 0 Å². The number of ether oxygens (including phenoxy) is 1.